The number of nitrogens with zero attached hydrogens (tertiary/aromatic N) is 2. The first-order valence-corrected chi connectivity index (χ1v) is 8.95. The number of aromatic nitrogens is 2. The van der Waals surface area contributed by atoms with E-state index < -0.39 is 0 Å². The lowest BCUT2D eigenvalue weighted by atomic mass is 9.91. The SMILES string of the molecule is CC(C)CC1c2[nH]c3ccccc3c2CCN1Cc1cccnc1. The fourth-order valence-electron chi connectivity index (χ4n) is 4.00. The summed E-state index contributed by atoms with van der Waals surface area (Å²) < 4.78 is 0. The average Bonchev–Trinajstić information content (AvgIpc) is 2.97. The van der Waals surface area contributed by atoms with Gasteiger partial charge >= 0.3 is 0 Å². The Bertz CT molecular complexity index is 819. The third-order valence-corrected chi connectivity index (χ3v) is 5.07. The van der Waals surface area contributed by atoms with Crippen molar-refractivity contribution >= 4 is 10.9 Å². The number of aromatic amines is 1. The van der Waals surface area contributed by atoms with E-state index in [2.05, 4.69) is 59.0 Å². The molecule has 0 bridgehead atoms. The van der Waals surface area contributed by atoms with Crippen molar-refractivity contribution in [1.29, 1.82) is 0 Å². The quantitative estimate of drug-likeness (QED) is 0.755. The van der Waals surface area contributed by atoms with E-state index in [1.807, 2.05) is 18.5 Å². The predicted molar refractivity (Wildman–Crippen MR) is 98.8 cm³/mol. The van der Waals surface area contributed by atoms with Gasteiger partial charge in [-0.1, -0.05) is 38.1 Å². The number of rotatable bonds is 4. The minimum absolute atomic E-state index is 0.460. The van der Waals surface area contributed by atoms with E-state index in [1.54, 1.807) is 0 Å². The lowest BCUT2D eigenvalue weighted by molar-refractivity contribution is 0.151. The Morgan fingerprint density at radius 1 is 1.21 bits per heavy atom. The second kappa shape index (κ2) is 6.40. The van der Waals surface area contributed by atoms with Gasteiger partial charge in [0.05, 0.1) is 6.04 Å². The smallest absolute Gasteiger partial charge is 0.0507 e. The first-order chi connectivity index (χ1) is 11.7. The molecule has 1 aromatic carbocycles. The first-order valence-electron chi connectivity index (χ1n) is 8.95. The zero-order valence-corrected chi connectivity index (χ0v) is 14.5. The number of H-pyrrole nitrogens is 1. The molecule has 1 aliphatic heterocycles. The highest BCUT2D eigenvalue weighted by atomic mass is 15.2. The number of nitrogens with one attached hydrogen (secondary N) is 1. The maximum atomic E-state index is 4.28. The number of benzene rings is 1. The van der Waals surface area contributed by atoms with E-state index in [9.17, 15) is 0 Å². The van der Waals surface area contributed by atoms with Crippen LogP contribution >= 0.6 is 0 Å². The van der Waals surface area contributed by atoms with Gasteiger partial charge in [0.2, 0.25) is 0 Å². The molecule has 2 aromatic heterocycles. The topological polar surface area (TPSA) is 31.9 Å². The molecule has 1 N–H and O–H groups in total. The Kier molecular flexibility index (Phi) is 4.11. The molecular formula is C21H25N3. The highest BCUT2D eigenvalue weighted by molar-refractivity contribution is 5.85. The molecule has 4 rings (SSSR count). The lowest BCUT2D eigenvalue weighted by Crippen LogP contribution is -2.35. The van der Waals surface area contributed by atoms with Crippen LogP contribution in [0.2, 0.25) is 0 Å². The van der Waals surface area contributed by atoms with E-state index >= 15 is 0 Å². The average molecular weight is 319 g/mol. The van der Waals surface area contributed by atoms with Crippen LogP contribution in [0.15, 0.2) is 48.8 Å². The van der Waals surface area contributed by atoms with Gasteiger partial charge in [-0.25, -0.2) is 0 Å². The molecular weight excluding hydrogens is 294 g/mol. The first kappa shape index (κ1) is 15.4. The van der Waals surface area contributed by atoms with Crippen LogP contribution in [-0.4, -0.2) is 21.4 Å². The summed E-state index contributed by atoms with van der Waals surface area (Å²) in [4.78, 5) is 10.6. The molecule has 1 aliphatic rings. The molecule has 1 atom stereocenters. The number of pyridine rings is 1. The van der Waals surface area contributed by atoms with Crippen LogP contribution < -0.4 is 0 Å². The summed E-state index contributed by atoms with van der Waals surface area (Å²) in [7, 11) is 0. The fourth-order valence-corrected chi connectivity index (χ4v) is 4.00. The minimum atomic E-state index is 0.460. The normalized spacial score (nSPS) is 18.2. The van der Waals surface area contributed by atoms with E-state index in [0.29, 0.717) is 12.0 Å². The zero-order valence-electron chi connectivity index (χ0n) is 14.5. The van der Waals surface area contributed by atoms with E-state index in [4.69, 9.17) is 0 Å². The molecule has 3 nitrogen and oxygen atoms in total. The largest absolute Gasteiger partial charge is 0.357 e. The third kappa shape index (κ3) is 2.84. The van der Waals surface area contributed by atoms with Crippen LogP contribution in [0.3, 0.4) is 0 Å². The van der Waals surface area contributed by atoms with Crippen LogP contribution in [0.1, 0.15) is 43.1 Å². The summed E-state index contributed by atoms with van der Waals surface area (Å²) in [6.07, 6.45) is 6.14. The maximum Gasteiger partial charge on any atom is 0.0507 e. The molecule has 0 fully saturated rings. The van der Waals surface area contributed by atoms with Crippen molar-refractivity contribution in [2.45, 2.75) is 39.3 Å². The van der Waals surface area contributed by atoms with Crippen LogP contribution in [-0.2, 0) is 13.0 Å². The molecule has 24 heavy (non-hydrogen) atoms. The van der Waals surface area contributed by atoms with E-state index in [1.165, 1.54) is 34.1 Å². The van der Waals surface area contributed by atoms with Crippen LogP contribution in [0.5, 0.6) is 0 Å². The summed E-state index contributed by atoms with van der Waals surface area (Å²) in [5.74, 6) is 0.670. The summed E-state index contributed by atoms with van der Waals surface area (Å²) in [5, 5.41) is 1.40. The Hall–Kier alpha value is -2.13. The molecule has 1 unspecified atom stereocenters. The van der Waals surface area contributed by atoms with Gasteiger partial charge in [-0.15, -0.1) is 0 Å². The van der Waals surface area contributed by atoms with Crippen molar-refractivity contribution in [3.8, 4) is 0 Å². The second-order valence-corrected chi connectivity index (χ2v) is 7.29. The van der Waals surface area contributed by atoms with Gasteiger partial charge in [-0.2, -0.15) is 0 Å². The van der Waals surface area contributed by atoms with E-state index in [0.717, 1.165) is 19.5 Å². The molecule has 124 valence electrons. The molecule has 0 saturated heterocycles. The van der Waals surface area contributed by atoms with Crippen molar-refractivity contribution in [3.05, 3.63) is 65.6 Å². The Balaban J connectivity index is 1.71. The fraction of sp³-hybridized carbons (Fsp3) is 0.381. The molecule has 3 aromatic rings. The van der Waals surface area contributed by atoms with Crippen molar-refractivity contribution in [3.63, 3.8) is 0 Å². The number of hydrogen-bond donors (Lipinski definition) is 1. The molecule has 0 spiro atoms. The predicted octanol–water partition coefficient (Wildman–Crippen LogP) is 4.71. The molecule has 0 saturated carbocycles. The van der Waals surface area contributed by atoms with Gasteiger partial charge < -0.3 is 4.98 Å². The van der Waals surface area contributed by atoms with Crippen LogP contribution in [0.4, 0.5) is 0 Å². The number of hydrogen-bond acceptors (Lipinski definition) is 2. The van der Waals surface area contributed by atoms with Gasteiger partial charge in [0, 0.05) is 42.1 Å². The van der Waals surface area contributed by atoms with Crippen LogP contribution in [0.25, 0.3) is 10.9 Å². The van der Waals surface area contributed by atoms with Gasteiger partial charge in [0.25, 0.3) is 0 Å². The second-order valence-electron chi connectivity index (χ2n) is 7.29. The van der Waals surface area contributed by atoms with Crippen molar-refractivity contribution in [2.24, 2.45) is 5.92 Å². The van der Waals surface area contributed by atoms with E-state index in [-0.39, 0.29) is 0 Å². The monoisotopic (exact) mass is 319 g/mol. The Morgan fingerprint density at radius 2 is 2.08 bits per heavy atom. The Labute approximate surface area is 143 Å². The molecule has 3 heterocycles. The molecule has 0 aliphatic carbocycles. The minimum Gasteiger partial charge on any atom is -0.357 e. The summed E-state index contributed by atoms with van der Waals surface area (Å²) in [5.41, 5.74) is 5.53. The van der Waals surface area contributed by atoms with Gasteiger partial charge in [0.15, 0.2) is 0 Å². The third-order valence-electron chi connectivity index (χ3n) is 5.07. The Morgan fingerprint density at radius 3 is 2.88 bits per heavy atom. The lowest BCUT2D eigenvalue weighted by Gasteiger charge is -2.37. The molecule has 0 amide bonds. The number of fused-ring (bicyclic) bond motifs is 3. The zero-order chi connectivity index (χ0) is 16.5. The summed E-state index contributed by atoms with van der Waals surface area (Å²) >= 11 is 0. The molecule has 3 heteroatoms. The van der Waals surface area contributed by atoms with Crippen LogP contribution in [0, 0.1) is 5.92 Å². The van der Waals surface area contributed by atoms with Crippen molar-refractivity contribution < 1.29 is 0 Å². The molecule has 0 radical (unpaired) electrons. The van der Waals surface area contributed by atoms with Gasteiger partial charge in [-0.3, -0.25) is 9.88 Å². The highest BCUT2D eigenvalue weighted by Gasteiger charge is 2.30. The summed E-state index contributed by atoms with van der Waals surface area (Å²) in [6, 6.07) is 13.4. The highest BCUT2D eigenvalue weighted by Crippen LogP contribution is 2.38. The number of para-hydroxylation sites is 1. The van der Waals surface area contributed by atoms with Gasteiger partial charge in [-0.05, 0) is 42.0 Å². The maximum absolute atomic E-state index is 4.28. The summed E-state index contributed by atoms with van der Waals surface area (Å²) in [6.45, 7) is 6.72. The van der Waals surface area contributed by atoms with Gasteiger partial charge in [0.1, 0.15) is 0 Å². The van der Waals surface area contributed by atoms with Crippen molar-refractivity contribution in [1.82, 2.24) is 14.9 Å². The van der Waals surface area contributed by atoms with Crippen molar-refractivity contribution in [2.75, 3.05) is 6.54 Å². The standard InChI is InChI=1S/C21H25N3/c1-15(2)12-20-21-18(17-7-3-4-8-19(17)23-21)9-11-24(20)14-16-6-5-10-22-13-16/h3-8,10,13,15,20,23H,9,11-12,14H2,1-2H3.